The predicted octanol–water partition coefficient (Wildman–Crippen LogP) is 4.39. The molecule has 120 valence electrons. The summed E-state index contributed by atoms with van der Waals surface area (Å²) in [6, 6.07) is 0. The van der Waals surface area contributed by atoms with E-state index in [1.165, 1.54) is 35.2 Å². The van der Waals surface area contributed by atoms with Crippen molar-refractivity contribution in [2.75, 3.05) is 18.0 Å². The molecular weight excluding hydrogens is 278 g/mol. The molecule has 1 aromatic heterocycles. The van der Waals surface area contributed by atoms with Gasteiger partial charge < -0.3 is 10.2 Å². The average molecular weight is 310 g/mol. The molecule has 0 saturated carbocycles. The number of aromatic nitrogens is 1. The standard InChI is InChI=1S/C17H31N3S/c1-7-13(3)15-14(10-18-17(4,5)6)21-16(19-15)20-9-8-12(2)11-20/h12-13,18H,7-11H2,1-6H3. The third-order valence-corrected chi connectivity index (χ3v) is 5.40. The smallest absolute Gasteiger partial charge is 0.185 e. The van der Waals surface area contributed by atoms with E-state index < -0.39 is 0 Å². The lowest BCUT2D eigenvalue weighted by Gasteiger charge is -2.20. The zero-order valence-corrected chi connectivity index (χ0v) is 15.3. The molecular formula is C17H31N3S. The molecule has 1 N–H and O–H groups in total. The SMILES string of the molecule is CCC(C)c1nc(N2CCC(C)C2)sc1CNC(C)(C)C. The summed E-state index contributed by atoms with van der Waals surface area (Å²) in [5.41, 5.74) is 1.47. The van der Waals surface area contributed by atoms with E-state index in [-0.39, 0.29) is 5.54 Å². The quantitative estimate of drug-likeness (QED) is 0.874. The molecule has 0 aromatic carbocycles. The summed E-state index contributed by atoms with van der Waals surface area (Å²) in [7, 11) is 0. The molecule has 2 rings (SSSR count). The van der Waals surface area contributed by atoms with Gasteiger partial charge in [-0.1, -0.05) is 20.8 Å². The van der Waals surface area contributed by atoms with E-state index in [0.29, 0.717) is 5.92 Å². The summed E-state index contributed by atoms with van der Waals surface area (Å²) < 4.78 is 0. The fraction of sp³-hybridized carbons (Fsp3) is 0.824. The number of hydrogen-bond donors (Lipinski definition) is 1. The van der Waals surface area contributed by atoms with Crippen LogP contribution in [0, 0.1) is 5.92 Å². The van der Waals surface area contributed by atoms with Crippen molar-refractivity contribution >= 4 is 16.5 Å². The van der Waals surface area contributed by atoms with Gasteiger partial charge in [-0.15, -0.1) is 11.3 Å². The van der Waals surface area contributed by atoms with Gasteiger partial charge in [-0.2, -0.15) is 0 Å². The Morgan fingerprint density at radius 3 is 2.67 bits per heavy atom. The summed E-state index contributed by atoms with van der Waals surface area (Å²) in [4.78, 5) is 8.90. The molecule has 0 radical (unpaired) electrons. The van der Waals surface area contributed by atoms with Gasteiger partial charge >= 0.3 is 0 Å². The average Bonchev–Trinajstić information content (AvgIpc) is 3.00. The Labute approximate surface area is 134 Å². The topological polar surface area (TPSA) is 28.2 Å². The summed E-state index contributed by atoms with van der Waals surface area (Å²) >= 11 is 1.90. The molecule has 1 aliphatic rings. The Kier molecular flexibility index (Phi) is 5.31. The highest BCUT2D eigenvalue weighted by Gasteiger charge is 2.25. The van der Waals surface area contributed by atoms with E-state index in [2.05, 4.69) is 51.8 Å². The van der Waals surface area contributed by atoms with Crippen LogP contribution in [0.1, 0.15) is 70.9 Å². The maximum atomic E-state index is 5.00. The first kappa shape index (κ1) is 16.8. The molecule has 1 aromatic rings. The second-order valence-corrected chi connectivity index (χ2v) is 8.62. The van der Waals surface area contributed by atoms with Gasteiger partial charge in [0, 0.05) is 30.1 Å². The highest BCUT2D eigenvalue weighted by Crippen LogP contribution is 2.34. The van der Waals surface area contributed by atoms with Crippen molar-refractivity contribution in [3.8, 4) is 0 Å². The molecule has 4 heteroatoms. The van der Waals surface area contributed by atoms with E-state index in [0.717, 1.165) is 18.9 Å². The zero-order chi connectivity index (χ0) is 15.6. The molecule has 0 aliphatic carbocycles. The lowest BCUT2D eigenvalue weighted by molar-refractivity contribution is 0.424. The van der Waals surface area contributed by atoms with Crippen LogP contribution in [0.5, 0.6) is 0 Å². The minimum absolute atomic E-state index is 0.152. The molecule has 0 bridgehead atoms. The largest absolute Gasteiger partial charge is 0.348 e. The summed E-state index contributed by atoms with van der Waals surface area (Å²) in [6.07, 6.45) is 2.45. The summed E-state index contributed by atoms with van der Waals surface area (Å²) in [5, 5.41) is 4.86. The minimum Gasteiger partial charge on any atom is -0.348 e. The first-order chi connectivity index (χ1) is 9.80. The summed E-state index contributed by atoms with van der Waals surface area (Å²) in [6.45, 7) is 16.8. The number of nitrogens with zero attached hydrogens (tertiary/aromatic N) is 2. The Morgan fingerprint density at radius 2 is 2.14 bits per heavy atom. The van der Waals surface area contributed by atoms with Gasteiger partial charge in [0.15, 0.2) is 5.13 Å². The first-order valence-electron chi connectivity index (χ1n) is 8.29. The highest BCUT2D eigenvalue weighted by atomic mass is 32.1. The van der Waals surface area contributed by atoms with Gasteiger partial charge in [0.05, 0.1) is 5.69 Å². The van der Waals surface area contributed by atoms with Crippen molar-refractivity contribution in [3.63, 3.8) is 0 Å². The molecule has 2 heterocycles. The summed E-state index contributed by atoms with van der Waals surface area (Å²) in [5.74, 6) is 1.35. The zero-order valence-electron chi connectivity index (χ0n) is 14.5. The van der Waals surface area contributed by atoms with Crippen molar-refractivity contribution in [2.45, 2.75) is 72.4 Å². The van der Waals surface area contributed by atoms with Crippen LogP contribution in [0.25, 0.3) is 0 Å². The third-order valence-electron chi connectivity index (χ3n) is 4.27. The second-order valence-electron chi connectivity index (χ2n) is 7.56. The van der Waals surface area contributed by atoms with Gasteiger partial charge in [0.2, 0.25) is 0 Å². The fourth-order valence-corrected chi connectivity index (χ4v) is 3.80. The van der Waals surface area contributed by atoms with Gasteiger partial charge in [-0.3, -0.25) is 0 Å². The van der Waals surface area contributed by atoms with Gasteiger partial charge in [-0.05, 0) is 45.4 Å². The minimum atomic E-state index is 0.152. The van der Waals surface area contributed by atoms with Crippen molar-refractivity contribution in [1.82, 2.24) is 10.3 Å². The number of anilines is 1. The Balaban J connectivity index is 2.18. The van der Waals surface area contributed by atoms with E-state index in [4.69, 9.17) is 4.98 Å². The van der Waals surface area contributed by atoms with Gasteiger partial charge in [-0.25, -0.2) is 4.98 Å². The van der Waals surface area contributed by atoms with Crippen molar-refractivity contribution in [3.05, 3.63) is 10.6 Å². The number of thiazole rings is 1. The van der Waals surface area contributed by atoms with Gasteiger partial charge in [0.25, 0.3) is 0 Å². The Hall–Kier alpha value is -0.610. The maximum Gasteiger partial charge on any atom is 0.185 e. The molecule has 21 heavy (non-hydrogen) atoms. The molecule has 1 saturated heterocycles. The van der Waals surface area contributed by atoms with E-state index in [1.54, 1.807) is 0 Å². The van der Waals surface area contributed by atoms with Crippen LogP contribution in [0.15, 0.2) is 0 Å². The van der Waals surface area contributed by atoms with Crippen LogP contribution in [0.4, 0.5) is 5.13 Å². The highest BCUT2D eigenvalue weighted by molar-refractivity contribution is 7.15. The first-order valence-corrected chi connectivity index (χ1v) is 9.11. The number of hydrogen-bond acceptors (Lipinski definition) is 4. The number of rotatable bonds is 5. The van der Waals surface area contributed by atoms with Crippen molar-refractivity contribution in [2.24, 2.45) is 5.92 Å². The lowest BCUT2D eigenvalue weighted by Crippen LogP contribution is -2.35. The van der Waals surface area contributed by atoms with Crippen LogP contribution in [-0.4, -0.2) is 23.6 Å². The van der Waals surface area contributed by atoms with Crippen molar-refractivity contribution in [1.29, 1.82) is 0 Å². The van der Waals surface area contributed by atoms with Crippen LogP contribution < -0.4 is 10.2 Å². The normalized spacial score (nSPS) is 21.0. The van der Waals surface area contributed by atoms with Crippen LogP contribution in [0.3, 0.4) is 0 Å². The van der Waals surface area contributed by atoms with Crippen LogP contribution >= 0.6 is 11.3 Å². The Bertz CT molecular complexity index is 461. The molecule has 3 nitrogen and oxygen atoms in total. The number of nitrogens with one attached hydrogen (secondary N) is 1. The molecule has 1 aliphatic heterocycles. The molecule has 2 atom stereocenters. The maximum absolute atomic E-state index is 5.00. The van der Waals surface area contributed by atoms with Crippen LogP contribution in [-0.2, 0) is 6.54 Å². The van der Waals surface area contributed by atoms with Crippen LogP contribution in [0.2, 0.25) is 0 Å². The molecule has 0 spiro atoms. The molecule has 0 amide bonds. The van der Waals surface area contributed by atoms with E-state index >= 15 is 0 Å². The van der Waals surface area contributed by atoms with Crippen molar-refractivity contribution < 1.29 is 0 Å². The second kappa shape index (κ2) is 6.66. The van der Waals surface area contributed by atoms with E-state index in [1.807, 2.05) is 11.3 Å². The Morgan fingerprint density at radius 1 is 1.43 bits per heavy atom. The van der Waals surface area contributed by atoms with Gasteiger partial charge in [0.1, 0.15) is 0 Å². The fourth-order valence-electron chi connectivity index (χ4n) is 2.65. The van der Waals surface area contributed by atoms with E-state index in [9.17, 15) is 0 Å². The monoisotopic (exact) mass is 309 g/mol. The lowest BCUT2D eigenvalue weighted by atomic mass is 10.0. The molecule has 2 unspecified atom stereocenters. The third kappa shape index (κ3) is 4.43. The molecule has 1 fully saturated rings. The predicted molar refractivity (Wildman–Crippen MR) is 93.4 cm³/mol.